The minimum atomic E-state index is -0.108. The van der Waals surface area contributed by atoms with E-state index in [4.69, 9.17) is 4.84 Å². The van der Waals surface area contributed by atoms with Crippen LogP contribution < -0.4 is 5.48 Å². The van der Waals surface area contributed by atoms with Crippen molar-refractivity contribution in [1.29, 1.82) is 0 Å². The molecule has 1 aromatic heterocycles. The first-order chi connectivity index (χ1) is 10.1. The molecule has 0 unspecified atom stereocenters. The zero-order chi connectivity index (χ0) is 15.2. The van der Waals surface area contributed by atoms with Crippen molar-refractivity contribution in [3.8, 4) is 5.69 Å². The average molecular weight is 287 g/mol. The zero-order valence-electron chi connectivity index (χ0n) is 12.7. The second-order valence-electron chi connectivity index (χ2n) is 4.85. The third-order valence-electron chi connectivity index (χ3n) is 3.37. The van der Waals surface area contributed by atoms with Crippen LogP contribution in [0.1, 0.15) is 30.3 Å². The molecule has 112 valence electrons. The first-order valence-corrected chi connectivity index (χ1v) is 7.14. The number of para-hydroxylation sites is 1. The molecule has 0 saturated heterocycles. The Morgan fingerprint density at radius 2 is 2.00 bits per heavy atom. The Kier molecular flexibility index (Phi) is 5.11. The molecule has 0 aliphatic carbocycles. The van der Waals surface area contributed by atoms with Crippen LogP contribution in [0.15, 0.2) is 30.3 Å². The Morgan fingerprint density at radius 1 is 1.29 bits per heavy atom. The maximum atomic E-state index is 11.6. The second kappa shape index (κ2) is 7.04. The molecule has 5 nitrogen and oxygen atoms in total. The van der Waals surface area contributed by atoms with Crippen molar-refractivity contribution < 1.29 is 9.63 Å². The monoisotopic (exact) mass is 287 g/mol. The summed E-state index contributed by atoms with van der Waals surface area (Å²) in [4.78, 5) is 16.5. The molecule has 2 rings (SSSR count). The van der Waals surface area contributed by atoms with Gasteiger partial charge in [-0.05, 0) is 44.9 Å². The van der Waals surface area contributed by atoms with Crippen LogP contribution >= 0.6 is 0 Å². The summed E-state index contributed by atoms with van der Waals surface area (Å²) in [7, 11) is 0. The molecule has 1 amide bonds. The van der Waals surface area contributed by atoms with E-state index in [1.54, 1.807) is 0 Å². The first kappa shape index (κ1) is 15.3. The summed E-state index contributed by atoms with van der Waals surface area (Å²) in [6, 6.07) is 9.99. The predicted molar refractivity (Wildman–Crippen MR) is 81.1 cm³/mol. The Balaban J connectivity index is 2.11. The van der Waals surface area contributed by atoms with Crippen LogP contribution in [0.3, 0.4) is 0 Å². The quantitative estimate of drug-likeness (QED) is 0.830. The fourth-order valence-corrected chi connectivity index (χ4v) is 2.30. The highest BCUT2D eigenvalue weighted by molar-refractivity contribution is 5.75. The number of carbonyl (C=O) groups excluding carboxylic acids is 1. The molecule has 2 aromatic rings. The van der Waals surface area contributed by atoms with E-state index in [0.29, 0.717) is 19.4 Å². The zero-order valence-corrected chi connectivity index (χ0v) is 12.7. The lowest BCUT2D eigenvalue weighted by atomic mass is 10.1. The van der Waals surface area contributed by atoms with Crippen molar-refractivity contribution in [2.45, 2.75) is 33.6 Å². The molecule has 5 heteroatoms. The van der Waals surface area contributed by atoms with Gasteiger partial charge in [0.1, 0.15) is 0 Å². The Labute approximate surface area is 124 Å². The number of aromatic nitrogens is 2. The maximum absolute atomic E-state index is 11.6. The number of hydrogen-bond acceptors (Lipinski definition) is 3. The summed E-state index contributed by atoms with van der Waals surface area (Å²) in [5.41, 5.74) is 6.59. The van der Waals surface area contributed by atoms with E-state index < -0.39 is 0 Å². The van der Waals surface area contributed by atoms with Gasteiger partial charge >= 0.3 is 0 Å². The number of aryl methyl sites for hydroxylation is 1. The maximum Gasteiger partial charge on any atom is 0.243 e. The standard InChI is InChI=1S/C16H21N3O2/c1-4-21-18-16(20)11-10-15-12(2)17-19(13(15)3)14-8-6-5-7-9-14/h5-9H,4,10-11H2,1-3H3,(H,18,20). The number of carbonyl (C=O) groups is 1. The van der Waals surface area contributed by atoms with Crippen LogP contribution in [-0.4, -0.2) is 22.3 Å². The molecule has 0 bridgehead atoms. The number of benzene rings is 1. The molecular weight excluding hydrogens is 266 g/mol. The lowest BCUT2D eigenvalue weighted by Gasteiger charge is -2.06. The number of nitrogens with one attached hydrogen (secondary N) is 1. The number of hydrogen-bond donors (Lipinski definition) is 1. The largest absolute Gasteiger partial charge is 0.274 e. The topological polar surface area (TPSA) is 56.1 Å². The molecule has 0 aliphatic heterocycles. The Hall–Kier alpha value is -2.14. The molecule has 1 N–H and O–H groups in total. The van der Waals surface area contributed by atoms with Crippen LogP contribution in [0.4, 0.5) is 0 Å². The van der Waals surface area contributed by atoms with Crippen LogP contribution in [-0.2, 0) is 16.1 Å². The highest BCUT2D eigenvalue weighted by atomic mass is 16.6. The van der Waals surface area contributed by atoms with E-state index in [1.807, 2.05) is 55.8 Å². The minimum Gasteiger partial charge on any atom is -0.274 e. The third kappa shape index (κ3) is 3.70. The predicted octanol–water partition coefficient (Wildman–Crippen LogP) is 2.49. The molecule has 0 fully saturated rings. The first-order valence-electron chi connectivity index (χ1n) is 7.14. The summed E-state index contributed by atoms with van der Waals surface area (Å²) in [6.45, 7) is 6.30. The SMILES string of the molecule is CCONC(=O)CCc1c(C)nn(-c2ccccc2)c1C. The van der Waals surface area contributed by atoms with E-state index in [0.717, 1.165) is 22.6 Å². The van der Waals surface area contributed by atoms with Gasteiger partial charge in [-0.15, -0.1) is 0 Å². The molecule has 1 aromatic carbocycles. The smallest absolute Gasteiger partial charge is 0.243 e. The average Bonchev–Trinajstić information content (AvgIpc) is 2.79. The van der Waals surface area contributed by atoms with Crippen molar-refractivity contribution in [3.05, 3.63) is 47.3 Å². The second-order valence-corrected chi connectivity index (χ2v) is 4.85. The number of amides is 1. The van der Waals surface area contributed by atoms with Crippen molar-refractivity contribution in [3.63, 3.8) is 0 Å². The van der Waals surface area contributed by atoms with Gasteiger partial charge in [0.05, 0.1) is 18.0 Å². The molecule has 21 heavy (non-hydrogen) atoms. The van der Waals surface area contributed by atoms with Crippen LogP contribution in [0.5, 0.6) is 0 Å². The van der Waals surface area contributed by atoms with E-state index in [-0.39, 0.29) is 5.91 Å². The van der Waals surface area contributed by atoms with Gasteiger partial charge in [-0.3, -0.25) is 9.63 Å². The normalized spacial score (nSPS) is 10.6. The van der Waals surface area contributed by atoms with Gasteiger partial charge in [0.15, 0.2) is 0 Å². The summed E-state index contributed by atoms with van der Waals surface area (Å²) >= 11 is 0. The Bertz CT molecular complexity index is 605. The third-order valence-corrected chi connectivity index (χ3v) is 3.37. The number of nitrogens with zero attached hydrogens (tertiary/aromatic N) is 2. The highest BCUT2D eigenvalue weighted by Crippen LogP contribution is 2.19. The number of rotatable bonds is 6. The van der Waals surface area contributed by atoms with Gasteiger partial charge < -0.3 is 0 Å². The summed E-state index contributed by atoms with van der Waals surface area (Å²) in [5.74, 6) is -0.108. The molecule has 0 atom stereocenters. The van der Waals surface area contributed by atoms with Gasteiger partial charge in [-0.1, -0.05) is 18.2 Å². The highest BCUT2D eigenvalue weighted by Gasteiger charge is 2.14. The summed E-state index contributed by atoms with van der Waals surface area (Å²) < 4.78 is 1.92. The fraction of sp³-hybridized carbons (Fsp3) is 0.375. The number of hydroxylamine groups is 1. The van der Waals surface area contributed by atoms with Gasteiger partial charge in [-0.25, -0.2) is 10.2 Å². The van der Waals surface area contributed by atoms with Crippen molar-refractivity contribution in [1.82, 2.24) is 15.3 Å². The molecule has 1 heterocycles. The van der Waals surface area contributed by atoms with E-state index >= 15 is 0 Å². The Morgan fingerprint density at radius 3 is 2.67 bits per heavy atom. The molecule has 0 spiro atoms. The van der Waals surface area contributed by atoms with Crippen molar-refractivity contribution in [2.24, 2.45) is 0 Å². The van der Waals surface area contributed by atoms with Gasteiger partial charge in [0.2, 0.25) is 5.91 Å². The molecule has 0 radical (unpaired) electrons. The van der Waals surface area contributed by atoms with Crippen LogP contribution in [0.2, 0.25) is 0 Å². The fourth-order valence-electron chi connectivity index (χ4n) is 2.30. The molecule has 0 saturated carbocycles. The minimum absolute atomic E-state index is 0.108. The van der Waals surface area contributed by atoms with Crippen molar-refractivity contribution in [2.75, 3.05) is 6.61 Å². The van der Waals surface area contributed by atoms with E-state index in [9.17, 15) is 4.79 Å². The van der Waals surface area contributed by atoms with Crippen LogP contribution in [0, 0.1) is 13.8 Å². The van der Waals surface area contributed by atoms with Crippen LogP contribution in [0.25, 0.3) is 5.69 Å². The van der Waals surface area contributed by atoms with Gasteiger partial charge in [0.25, 0.3) is 0 Å². The molecule has 0 aliphatic rings. The van der Waals surface area contributed by atoms with E-state index in [1.165, 1.54) is 0 Å². The summed E-state index contributed by atoms with van der Waals surface area (Å²) in [5, 5.41) is 4.57. The lowest BCUT2D eigenvalue weighted by Crippen LogP contribution is -2.23. The van der Waals surface area contributed by atoms with Gasteiger partial charge in [0, 0.05) is 12.1 Å². The van der Waals surface area contributed by atoms with E-state index in [2.05, 4.69) is 10.6 Å². The van der Waals surface area contributed by atoms with Gasteiger partial charge in [-0.2, -0.15) is 5.10 Å². The lowest BCUT2D eigenvalue weighted by molar-refractivity contribution is -0.133. The van der Waals surface area contributed by atoms with Crippen molar-refractivity contribution >= 4 is 5.91 Å². The molecular formula is C16H21N3O2. The summed E-state index contributed by atoms with van der Waals surface area (Å²) in [6.07, 6.45) is 1.05.